The Morgan fingerprint density at radius 2 is 1.96 bits per heavy atom. The molecular formula is C21H23ClN4O2. The van der Waals surface area contributed by atoms with Crippen LogP contribution < -0.4 is 10.6 Å². The molecule has 6 nitrogen and oxygen atoms in total. The maximum atomic E-state index is 12.8. The molecule has 0 radical (unpaired) electrons. The lowest BCUT2D eigenvalue weighted by atomic mass is 10.0. The maximum absolute atomic E-state index is 12.8. The highest BCUT2D eigenvalue weighted by atomic mass is 35.5. The Balaban J connectivity index is 1.68. The lowest BCUT2D eigenvalue weighted by molar-refractivity contribution is -0.122. The lowest BCUT2D eigenvalue weighted by Crippen LogP contribution is -2.40. The zero-order valence-electron chi connectivity index (χ0n) is 15.9. The highest BCUT2D eigenvalue weighted by Crippen LogP contribution is 2.20. The van der Waals surface area contributed by atoms with E-state index in [0.29, 0.717) is 29.7 Å². The zero-order chi connectivity index (χ0) is 19.9. The Bertz CT molecular complexity index is 895. The van der Waals surface area contributed by atoms with Crippen LogP contribution in [0.5, 0.6) is 0 Å². The van der Waals surface area contributed by atoms with Crippen LogP contribution in [0.25, 0.3) is 11.3 Å². The van der Waals surface area contributed by atoms with Gasteiger partial charge in [-0.1, -0.05) is 37.6 Å². The second-order valence-electron chi connectivity index (χ2n) is 6.97. The SMILES string of the molecule is CC(C)CC(Nc1cc(-c2ccoc2)ncn1)C(=O)NCc1ccc(Cl)cc1. The summed E-state index contributed by atoms with van der Waals surface area (Å²) in [7, 11) is 0. The lowest BCUT2D eigenvalue weighted by Gasteiger charge is -2.21. The Hall–Kier alpha value is -2.86. The quantitative estimate of drug-likeness (QED) is 0.582. The topological polar surface area (TPSA) is 80.1 Å². The number of carbonyl (C=O) groups excluding carboxylic acids is 1. The number of benzene rings is 1. The van der Waals surface area contributed by atoms with Gasteiger partial charge in [0.05, 0.1) is 18.2 Å². The van der Waals surface area contributed by atoms with Gasteiger partial charge in [-0.05, 0) is 36.1 Å². The summed E-state index contributed by atoms with van der Waals surface area (Å²) < 4.78 is 5.11. The van der Waals surface area contributed by atoms with Gasteiger partial charge in [0.1, 0.15) is 18.2 Å². The van der Waals surface area contributed by atoms with Crippen LogP contribution in [-0.4, -0.2) is 21.9 Å². The molecule has 2 aromatic heterocycles. The van der Waals surface area contributed by atoms with E-state index >= 15 is 0 Å². The summed E-state index contributed by atoms with van der Waals surface area (Å²) in [5, 5.41) is 6.90. The number of furan rings is 1. The molecule has 2 heterocycles. The zero-order valence-corrected chi connectivity index (χ0v) is 16.6. The molecule has 1 atom stereocenters. The fourth-order valence-corrected chi connectivity index (χ4v) is 2.93. The van der Waals surface area contributed by atoms with Crippen molar-refractivity contribution in [3.05, 3.63) is 65.8 Å². The van der Waals surface area contributed by atoms with Crippen molar-refractivity contribution in [1.82, 2.24) is 15.3 Å². The summed E-state index contributed by atoms with van der Waals surface area (Å²) in [6.45, 7) is 4.60. The summed E-state index contributed by atoms with van der Waals surface area (Å²) >= 11 is 5.91. The normalized spacial score (nSPS) is 12.0. The molecule has 7 heteroatoms. The molecule has 0 aliphatic heterocycles. The maximum Gasteiger partial charge on any atom is 0.242 e. The third-order valence-corrected chi connectivity index (χ3v) is 4.46. The fourth-order valence-electron chi connectivity index (χ4n) is 2.80. The first-order chi connectivity index (χ1) is 13.5. The van der Waals surface area contributed by atoms with Gasteiger partial charge in [0.2, 0.25) is 5.91 Å². The molecule has 0 aliphatic carbocycles. The summed E-state index contributed by atoms with van der Waals surface area (Å²) in [5.74, 6) is 0.861. The van der Waals surface area contributed by atoms with Crippen molar-refractivity contribution in [2.75, 3.05) is 5.32 Å². The number of aromatic nitrogens is 2. The predicted octanol–water partition coefficient (Wildman–Crippen LogP) is 4.53. The largest absolute Gasteiger partial charge is 0.472 e. The average molecular weight is 399 g/mol. The molecule has 1 aromatic carbocycles. The van der Waals surface area contributed by atoms with Gasteiger partial charge in [-0.2, -0.15) is 0 Å². The number of rotatable bonds is 8. The van der Waals surface area contributed by atoms with Crippen molar-refractivity contribution in [2.45, 2.75) is 32.9 Å². The van der Waals surface area contributed by atoms with Crippen LogP contribution in [0, 0.1) is 5.92 Å². The minimum absolute atomic E-state index is 0.0767. The van der Waals surface area contributed by atoms with E-state index in [1.54, 1.807) is 12.5 Å². The molecule has 0 saturated heterocycles. The summed E-state index contributed by atoms with van der Waals surface area (Å²) in [5.41, 5.74) is 2.58. The van der Waals surface area contributed by atoms with Crippen molar-refractivity contribution in [3.8, 4) is 11.3 Å². The predicted molar refractivity (Wildman–Crippen MR) is 110 cm³/mol. The van der Waals surface area contributed by atoms with Crippen LogP contribution in [0.1, 0.15) is 25.8 Å². The Morgan fingerprint density at radius 1 is 1.18 bits per heavy atom. The number of amides is 1. The van der Waals surface area contributed by atoms with Crippen LogP contribution in [0.15, 0.2) is 59.7 Å². The molecule has 2 N–H and O–H groups in total. The van der Waals surface area contributed by atoms with Crippen molar-refractivity contribution in [3.63, 3.8) is 0 Å². The van der Waals surface area contributed by atoms with Crippen molar-refractivity contribution in [1.29, 1.82) is 0 Å². The molecule has 3 aromatic rings. The van der Waals surface area contributed by atoms with Gasteiger partial charge >= 0.3 is 0 Å². The molecule has 0 fully saturated rings. The summed E-state index contributed by atoms with van der Waals surface area (Å²) in [6.07, 6.45) is 5.37. The number of hydrogen-bond donors (Lipinski definition) is 2. The molecule has 146 valence electrons. The molecule has 1 unspecified atom stereocenters. The molecule has 1 amide bonds. The Labute approximate surface area is 169 Å². The van der Waals surface area contributed by atoms with Crippen LogP contribution in [0.2, 0.25) is 5.02 Å². The molecule has 0 bridgehead atoms. The number of carbonyl (C=O) groups is 1. The number of hydrogen-bond acceptors (Lipinski definition) is 5. The van der Waals surface area contributed by atoms with Crippen LogP contribution >= 0.6 is 11.6 Å². The van der Waals surface area contributed by atoms with Gasteiger partial charge in [0.25, 0.3) is 0 Å². The van der Waals surface area contributed by atoms with Gasteiger partial charge in [0.15, 0.2) is 0 Å². The fraction of sp³-hybridized carbons (Fsp3) is 0.286. The molecule has 0 spiro atoms. The second kappa shape index (κ2) is 9.37. The molecule has 0 saturated carbocycles. The van der Waals surface area contributed by atoms with E-state index in [1.807, 2.05) is 36.4 Å². The van der Waals surface area contributed by atoms with Crippen LogP contribution in [0.3, 0.4) is 0 Å². The number of nitrogens with zero attached hydrogens (tertiary/aromatic N) is 2. The minimum Gasteiger partial charge on any atom is -0.472 e. The van der Waals surface area contributed by atoms with Gasteiger partial charge < -0.3 is 15.1 Å². The second-order valence-corrected chi connectivity index (χ2v) is 7.41. The first-order valence-electron chi connectivity index (χ1n) is 9.14. The monoisotopic (exact) mass is 398 g/mol. The summed E-state index contributed by atoms with van der Waals surface area (Å²) in [6, 6.07) is 10.7. The van der Waals surface area contributed by atoms with Crippen molar-refractivity contribution >= 4 is 23.3 Å². The van der Waals surface area contributed by atoms with E-state index in [2.05, 4.69) is 34.4 Å². The van der Waals surface area contributed by atoms with E-state index in [4.69, 9.17) is 16.0 Å². The van der Waals surface area contributed by atoms with E-state index in [0.717, 1.165) is 16.8 Å². The number of nitrogens with one attached hydrogen (secondary N) is 2. The smallest absolute Gasteiger partial charge is 0.242 e. The first-order valence-corrected chi connectivity index (χ1v) is 9.52. The number of halogens is 1. The number of anilines is 1. The molecule has 28 heavy (non-hydrogen) atoms. The highest BCUT2D eigenvalue weighted by Gasteiger charge is 2.20. The van der Waals surface area contributed by atoms with Gasteiger partial charge in [-0.15, -0.1) is 0 Å². The molecule has 3 rings (SSSR count). The van der Waals surface area contributed by atoms with Crippen LogP contribution in [0.4, 0.5) is 5.82 Å². The standard InChI is InChI=1S/C21H23ClN4O2/c1-14(2)9-19(21(27)23-11-15-3-5-17(22)6-4-15)26-20-10-18(24-13-25-20)16-7-8-28-12-16/h3-8,10,12-14,19H,9,11H2,1-2H3,(H,23,27)(H,24,25,26). The van der Waals surface area contributed by atoms with Gasteiger partial charge in [0, 0.05) is 23.2 Å². The Kier molecular flexibility index (Phi) is 6.66. The Morgan fingerprint density at radius 3 is 2.64 bits per heavy atom. The average Bonchev–Trinajstić information content (AvgIpc) is 3.21. The van der Waals surface area contributed by atoms with Crippen molar-refractivity contribution < 1.29 is 9.21 Å². The van der Waals surface area contributed by atoms with Crippen LogP contribution in [-0.2, 0) is 11.3 Å². The van der Waals surface area contributed by atoms with Gasteiger partial charge in [-0.3, -0.25) is 4.79 Å². The third-order valence-electron chi connectivity index (χ3n) is 4.21. The van der Waals surface area contributed by atoms with E-state index < -0.39 is 6.04 Å². The van der Waals surface area contributed by atoms with E-state index in [9.17, 15) is 4.79 Å². The van der Waals surface area contributed by atoms with E-state index in [-0.39, 0.29) is 5.91 Å². The molecular weight excluding hydrogens is 376 g/mol. The highest BCUT2D eigenvalue weighted by molar-refractivity contribution is 6.30. The molecule has 0 aliphatic rings. The van der Waals surface area contributed by atoms with Gasteiger partial charge in [-0.25, -0.2) is 9.97 Å². The van der Waals surface area contributed by atoms with E-state index in [1.165, 1.54) is 6.33 Å². The minimum atomic E-state index is -0.403. The van der Waals surface area contributed by atoms with Crippen molar-refractivity contribution in [2.24, 2.45) is 5.92 Å². The third kappa shape index (κ3) is 5.57. The first kappa shape index (κ1) is 19.9. The summed E-state index contributed by atoms with van der Waals surface area (Å²) in [4.78, 5) is 21.3.